The largest absolute Gasteiger partial charge is 0.448 e. The van der Waals surface area contributed by atoms with E-state index in [1.165, 1.54) is 0 Å². The SMILES string of the molecule is CCCN(CC1(O)CCC2C34C=CC5(C=C3C(=O)c3ccccc3-c3ccccc3)CC(O)CCC5(C)C4CCC21C)C(=O)C12CCC(C)(C(=O)O1)C2(C)C. The molecule has 2 spiro atoms. The number of amides is 1. The maximum Gasteiger partial charge on any atom is 0.313 e. The third-order valence-electron chi connectivity index (χ3n) is 17.9. The molecule has 4 saturated carbocycles. The summed E-state index contributed by atoms with van der Waals surface area (Å²) in [6.45, 7) is 13.2. The Morgan fingerprint density at radius 3 is 2.20 bits per heavy atom. The number of nitrogens with zero attached hydrogens (tertiary/aromatic N) is 1. The van der Waals surface area contributed by atoms with Crippen molar-refractivity contribution in [3.63, 3.8) is 0 Å². The quantitative estimate of drug-likeness (QED) is 0.160. The van der Waals surface area contributed by atoms with Gasteiger partial charge in [-0.1, -0.05) is 107 Å². The second-order valence-corrected chi connectivity index (χ2v) is 20.0. The van der Waals surface area contributed by atoms with E-state index in [2.05, 4.69) is 51.1 Å². The van der Waals surface area contributed by atoms with E-state index in [1.807, 2.05) is 68.1 Å². The molecule has 10 atom stereocenters. The number of rotatable bonds is 8. The molecule has 2 N–H and O–H groups in total. The molecule has 7 aliphatic carbocycles. The van der Waals surface area contributed by atoms with Crippen molar-refractivity contribution in [2.45, 2.75) is 123 Å². The van der Waals surface area contributed by atoms with Crippen LogP contribution < -0.4 is 0 Å². The lowest BCUT2D eigenvalue weighted by atomic mass is 9.32. The van der Waals surface area contributed by atoms with Gasteiger partial charge in [0.25, 0.3) is 5.91 Å². The Balaban J connectivity index is 1.14. The van der Waals surface area contributed by atoms with Crippen LogP contribution in [0, 0.1) is 44.3 Å². The van der Waals surface area contributed by atoms with E-state index in [1.54, 1.807) is 0 Å². The van der Waals surface area contributed by atoms with Gasteiger partial charge >= 0.3 is 5.97 Å². The molecule has 7 heteroatoms. The molecule has 5 fully saturated rings. The van der Waals surface area contributed by atoms with Gasteiger partial charge in [0.1, 0.15) is 0 Å². The molecular weight excluding hydrogens is 687 g/mol. The Labute approximate surface area is 326 Å². The van der Waals surface area contributed by atoms with Gasteiger partial charge in [0.15, 0.2) is 11.4 Å². The van der Waals surface area contributed by atoms with Gasteiger partial charge in [-0.3, -0.25) is 14.4 Å². The van der Waals surface area contributed by atoms with E-state index in [4.69, 9.17) is 4.74 Å². The van der Waals surface area contributed by atoms with Crippen molar-refractivity contribution in [2.75, 3.05) is 13.1 Å². The fourth-order valence-corrected chi connectivity index (χ4v) is 14.1. The van der Waals surface area contributed by atoms with Crippen LogP contribution in [0.3, 0.4) is 0 Å². The van der Waals surface area contributed by atoms with Crippen molar-refractivity contribution in [3.8, 4) is 11.1 Å². The van der Waals surface area contributed by atoms with Gasteiger partial charge in [0.2, 0.25) is 0 Å². The molecule has 0 aromatic heterocycles. The molecule has 7 nitrogen and oxygen atoms in total. The number of fused-ring (bicyclic) bond motifs is 3. The van der Waals surface area contributed by atoms with Crippen molar-refractivity contribution in [1.29, 1.82) is 0 Å². The zero-order chi connectivity index (χ0) is 39.0. The second-order valence-electron chi connectivity index (χ2n) is 20.0. The molecule has 1 heterocycles. The lowest BCUT2D eigenvalue weighted by Gasteiger charge is -2.71. The van der Waals surface area contributed by atoms with Crippen LogP contribution >= 0.6 is 0 Å². The Morgan fingerprint density at radius 2 is 1.51 bits per heavy atom. The Morgan fingerprint density at radius 1 is 0.836 bits per heavy atom. The van der Waals surface area contributed by atoms with Crippen molar-refractivity contribution in [2.24, 2.45) is 44.3 Å². The highest BCUT2D eigenvalue weighted by Gasteiger charge is 2.78. The summed E-state index contributed by atoms with van der Waals surface area (Å²) in [6.07, 6.45) is 13.5. The number of benzene rings is 2. The van der Waals surface area contributed by atoms with Gasteiger partial charge in [-0.05, 0) is 99.5 Å². The van der Waals surface area contributed by atoms with Crippen molar-refractivity contribution in [1.82, 2.24) is 4.90 Å². The summed E-state index contributed by atoms with van der Waals surface area (Å²) in [5, 5.41) is 24.4. The minimum absolute atomic E-state index is 0.0337. The van der Waals surface area contributed by atoms with Gasteiger partial charge in [0.05, 0.1) is 23.7 Å². The van der Waals surface area contributed by atoms with Gasteiger partial charge in [-0.25, -0.2) is 0 Å². The summed E-state index contributed by atoms with van der Waals surface area (Å²) >= 11 is 0. The van der Waals surface area contributed by atoms with Crippen LogP contribution in [0.4, 0.5) is 0 Å². The summed E-state index contributed by atoms with van der Waals surface area (Å²) in [7, 11) is 0. The van der Waals surface area contributed by atoms with Gasteiger partial charge in [-0.15, -0.1) is 0 Å². The van der Waals surface area contributed by atoms with Crippen LogP contribution in [0.25, 0.3) is 11.1 Å². The smallest absolute Gasteiger partial charge is 0.313 e. The predicted molar refractivity (Wildman–Crippen MR) is 212 cm³/mol. The fourth-order valence-electron chi connectivity index (χ4n) is 14.1. The first-order valence-corrected chi connectivity index (χ1v) is 21.1. The van der Waals surface area contributed by atoms with Crippen LogP contribution in [0.5, 0.6) is 0 Å². The number of allylic oxidation sites excluding steroid dienone is 4. The average molecular weight is 746 g/mol. The molecule has 1 saturated heterocycles. The van der Waals surface area contributed by atoms with Gasteiger partial charge in [0, 0.05) is 39.3 Å². The van der Waals surface area contributed by atoms with Crippen LogP contribution in [-0.2, 0) is 14.3 Å². The summed E-state index contributed by atoms with van der Waals surface area (Å²) in [5.41, 5.74) is -2.26. The zero-order valence-corrected chi connectivity index (χ0v) is 33.6. The minimum atomic E-state index is -1.24. The number of aliphatic hydroxyl groups excluding tert-OH is 1. The topological polar surface area (TPSA) is 104 Å². The normalized spacial score (nSPS) is 42.9. The van der Waals surface area contributed by atoms with E-state index in [-0.39, 0.29) is 41.5 Å². The van der Waals surface area contributed by atoms with Crippen LogP contribution in [0.15, 0.2) is 78.4 Å². The highest BCUT2D eigenvalue weighted by molar-refractivity contribution is 6.14. The summed E-state index contributed by atoms with van der Waals surface area (Å²) in [4.78, 5) is 45.5. The van der Waals surface area contributed by atoms with Gasteiger partial charge in [-0.2, -0.15) is 0 Å². The average Bonchev–Trinajstić information content (AvgIpc) is 3.62. The fraction of sp³-hybridized carbons (Fsp3) is 0.604. The number of carbonyl (C=O) groups excluding carboxylic acids is 3. The molecular formula is C48H59NO6. The Bertz CT molecular complexity index is 2040. The molecule has 2 aromatic carbocycles. The van der Waals surface area contributed by atoms with E-state index in [0.29, 0.717) is 44.2 Å². The molecule has 8 aliphatic rings. The minimum Gasteiger partial charge on any atom is -0.448 e. The number of hydrogen-bond acceptors (Lipinski definition) is 6. The number of ether oxygens (including phenoxy) is 1. The maximum absolute atomic E-state index is 15.5. The second kappa shape index (κ2) is 11.8. The Kier molecular flexibility index (Phi) is 7.92. The molecule has 1 amide bonds. The number of esters is 1. The molecule has 55 heavy (non-hydrogen) atoms. The lowest BCUT2D eigenvalue weighted by molar-refractivity contribution is -0.187. The lowest BCUT2D eigenvalue weighted by Crippen LogP contribution is -2.68. The van der Waals surface area contributed by atoms with Gasteiger partial charge < -0.3 is 19.8 Å². The van der Waals surface area contributed by atoms with Crippen molar-refractivity contribution in [3.05, 3.63) is 84.0 Å². The van der Waals surface area contributed by atoms with Crippen molar-refractivity contribution >= 4 is 17.7 Å². The van der Waals surface area contributed by atoms with E-state index < -0.39 is 44.4 Å². The van der Waals surface area contributed by atoms with Crippen LogP contribution in [0.1, 0.15) is 116 Å². The summed E-state index contributed by atoms with van der Waals surface area (Å²) < 4.78 is 6.10. The molecule has 1 aliphatic heterocycles. The molecule has 2 aromatic rings. The zero-order valence-electron chi connectivity index (χ0n) is 33.6. The number of ketones is 1. The first kappa shape index (κ1) is 37.1. The highest BCUT2D eigenvalue weighted by Crippen LogP contribution is 2.78. The summed E-state index contributed by atoms with van der Waals surface area (Å²) in [6, 6.07) is 18.1. The predicted octanol–water partition coefficient (Wildman–Crippen LogP) is 8.49. The van der Waals surface area contributed by atoms with Crippen LogP contribution in [-0.4, -0.2) is 63.2 Å². The number of aliphatic hydroxyl groups is 2. The standard InChI is InChI=1S/C48H59NO6/c1-7-27-49(39(52)48-26-23-44(6,40(53)55-48)41(48,2)3)30-46(54)22-19-37-43(46,5)21-18-36-42(4)20-17-32(50)28-45(42)24-25-47(36,37)35(29-45)38(51)34-16-12-11-15-33(34)31-13-9-8-10-14-31/h8-16,24-25,29,32,36-37,50,54H,7,17-23,26-28,30H2,1-6H3. The maximum atomic E-state index is 15.5. The first-order valence-electron chi connectivity index (χ1n) is 21.1. The molecule has 4 bridgehead atoms. The van der Waals surface area contributed by atoms with Crippen LogP contribution in [0.2, 0.25) is 0 Å². The third kappa shape index (κ3) is 4.38. The Hall–Kier alpha value is -3.55. The molecule has 0 radical (unpaired) electrons. The number of hydrogen-bond donors (Lipinski definition) is 2. The number of carbonyl (C=O) groups is 3. The third-order valence-corrected chi connectivity index (χ3v) is 17.9. The first-order chi connectivity index (χ1) is 26.0. The highest BCUT2D eigenvalue weighted by atomic mass is 16.6. The molecule has 10 unspecified atom stereocenters. The number of Topliss-reactive ketones (excluding diaryl/α,β-unsaturated/α-hetero) is 1. The van der Waals surface area contributed by atoms with Crippen molar-refractivity contribution < 1.29 is 29.3 Å². The van der Waals surface area contributed by atoms with E-state index in [9.17, 15) is 19.8 Å². The van der Waals surface area contributed by atoms with E-state index >= 15 is 4.79 Å². The monoisotopic (exact) mass is 745 g/mol. The summed E-state index contributed by atoms with van der Waals surface area (Å²) in [5.74, 6) is -0.327. The van der Waals surface area contributed by atoms with E-state index in [0.717, 1.165) is 48.8 Å². The molecule has 292 valence electrons. The molecule has 10 rings (SSSR count).